The highest BCUT2D eigenvalue weighted by Crippen LogP contribution is 2.37. The molecule has 7 aliphatic heterocycles. The van der Waals surface area contributed by atoms with Crippen LogP contribution >= 0.6 is 0 Å². The summed E-state index contributed by atoms with van der Waals surface area (Å²) in [5.41, 5.74) is 0. The zero-order valence-electron chi connectivity index (χ0n) is 46.6. The Kier molecular flexibility index (Phi) is 25.6. The molecule has 7 aliphatic rings. The molecule has 35 atom stereocenters. The first-order valence-electron chi connectivity index (χ1n) is 27.6. The Bertz CT molecular complexity index is 2180. The summed E-state index contributed by atoms with van der Waals surface area (Å²) in [6.45, 7) is -3.49. The van der Waals surface area contributed by atoms with Crippen molar-refractivity contribution >= 4 is 17.7 Å². The highest BCUT2D eigenvalue weighted by molar-refractivity contribution is 5.74. The maximum Gasteiger partial charge on any atom is 0.217 e. The molecule has 39 nitrogen and oxygen atoms in total. The van der Waals surface area contributed by atoms with Gasteiger partial charge < -0.3 is 180 Å². The van der Waals surface area contributed by atoms with Gasteiger partial charge in [0.1, 0.15) is 171 Å². The molecule has 504 valence electrons. The van der Waals surface area contributed by atoms with E-state index in [-0.39, 0.29) is 0 Å². The number of nitrogens with one attached hydrogen (secondary N) is 3. The van der Waals surface area contributed by atoms with Crippen LogP contribution in [0.2, 0.25) is 0 Å². The Morgan fingerprint density at radius 3 is 1.11 bits per heavy atom. The molecule has 0 unspecified atom stereocenters. The predicted octanol–water partition coefficient (Wildman–Crippen LogP) is -15.8. The Morgan fingerprint density at radius 1 is 0.299 bits per heavy atom. The normalized spacial score (nSPS) is 48.9. The Balaban J connectivity index is 1.07. The Labute approximate surface area is 492 Å². The molecule has 0 aromatic carbocycles. The van der Waals surface area contributed by atoms with Crippen molar-refractivity contribution in [1.29, 1.82) is 0 Å². The van der Waals surface area contributed by atoms with Crippen molar-refractivity contribution in [2.24, 2.45) is 0 Å². The third-order valence-electron chi connectivity index (χ3n) is 15.7. The van der Waals surface area contributed by atoms with E-state index in [1.54, 1.807) is 0 Å². The molecule has 7 rings (SSSR count). The van der Waals surface area contributed by atoms with E-state index in [1.165, 1.54) is 0 Å². The molecule has 39 heteroatoms. The Hall–Kier alpha value is -2.91. The summed E-state index contributed by atoms with van der Waals surface area (Å²) in [5.74, 6) is -2.36. The van der Waals surface area contributed by atoms with Crippen LogP contribution in [0.5, 0.6) is 0 Å². The Morgan fingerprint density at radius 2 is 0.621 bits per heavy atom. The highest BCUT2D eigenvalue weighted by atomic mass is 16.8. The van der Waals surface area contributed by atoms with Gasteiger partial charge in [-0.2, -0.15) is 0 Å². The van der Waals surface area contributed by atoms with Crippen LogP contribution in [0.25, 0.3) is 0 Å². The number of amides is 3. The van der Waals surface area contributed by atoms with E-state index in [1.807, 2.05) is 0 Å². The predicted molar refractivity (Wildman–Crippen MR) is 267 cm³/mol. The number of hydrogen-bond donors (Lipinski definition) is 23. The lowest BCUT2D eigenvalue weighted by atomic mass is 9.94. The molecule has 7 saturated heterocycles. The second kappa shape index (κ2) is 31.1. The van der Waals surface area contributed by atoms with Crippen LogP contribution in [0.3, 0.4) is 0 Å². The van der Waals surface area contributed by atoms with E-state index in [0.29, 0.717) is 0 Å². The summed E-state index contributed by atoms with van der Waals surface area (Å²) < 4.78 is 74.6. The SMILES string of the molecule is CC(=O)N[C@H]1[C@H](O[C@H]2[C@H](O)[C@H](O)[C@@H](O[C@@H]3[C@H](O)[C@H](O)O[C@H](CO[C@H]4O[C@H](CO[C@@H]5O[C@H](CO)[C@@H](O)[C@H](O)[C@H]5NC(C)=O)[C@@H](O)[C@H](O)[C@@H]4O[C@@H]4O[C@H](CO)[C@@H](O)[C@H](O)[C@H]4NC(C)=O)[C@H]3O)O[C@@H]2CO)O[C@H](CO)[C@@H](O[C@@H]2O[C@H](CO)[C@H](O)[C@H](O)[C@H]2O)[C@@H]1O. The maximum absolute atomic E-state index is 12.5. The van der Waals surface area contributed by atoms with E-state index >= 15 is 0 Å². The molecule has 23 N–H and O–H groups in total. The summed E-state index contributed by atoms with van der Waals surface area (Å²) in [7, 11) is 0. The van der Waals surface area contributed by atoms with E-state index in [0.717, 1.165) is 20.8 Å². The number of hydrogen-bond acceptors (Lipinski definition) is 36. The van der Waals surface area contributed by atoms with Gasteiger partial charge in [0.2, 0.25) is 17.7 Å². The van der Waals surface area contributed by atoms with Crippen molar-refractivity contribution in [3.05, 3.63) is 0 Å². The summed E-state index contributed by atoms with van der Waals surface area (Å²) in [6, 6.07) is -4.91. The van der Waals surface area contributed by atoms with E-state index in [4.69, 9.17) is 61.6 Å². The van der Waals surface area contributed by atoms with Gasteiger partial charge in [0.25, 0.3) is 0 Å². The van der Waals surface area contributed by atoms with Crippen molar-refractivity contribution < 1.29 is 178 Å². The van der Waals surface area contributed by atoms with Crippen LogP contribution in [-0.2, 0) is 76.0 Å². The van der Waals surface area contributed by atoms with Gasteiger partial charge in [0.05, 0.1) is 46.2 Å². The van der Waals surface area contributed by atoms with Crippen molar-refractivity contribution in [2.45, 2.75) is 236 Å². The number of carbonyl (C=O) groups excluding carboxylic acids is 3. The second-order valence-corrected chi connectivity index (χ2v) is 21.9. The highest BCUT2D eigenvalue weighted by Gasteiger charge is 2.58. The van der Waals surface area contributed by atoms with Crippen LogP contribution in [-0.4, -0.2) is 381 Å². The van der Waals surface area contributed by atoms with Gasteiger partial charge >= 0.3 is 0 Å². The zero-order chi connectivity index (χ0) is 64.2. The standard InChI is InChI=1S/C48H81N3O36/c1-11(57)49-21-29(65)24(60)14(4-52)78-43(21)75-9-19-27(63)33(69)41(87-44-22(50-12(2)58)30(66)25(61)15(5-53)79-44)48(83-19)76-10-20-28(64)40(37(73)42(74)77-20)86-47-36(72)34(70)39(18(8-56)82-47)84-45-23(51-13(3)59)31(67)38(17(7-55)81-45)85-46-35(71)32(68)26(62)16(6-54)80-46/h14-48,52-56,60-74H,4-10H2,1-3H3,(H,49,57)(H,50,58)(H,51,59)/t14-,15-,16-,17-,18-,19-,20-,21-,22-,23-,24-,25-,26+,27-,28-,29-,30-,31-,32+,33+,34-,35-,36+,37+,38-,39-,40+,41+,42-,43-,44+,45+,46+,47-,48+/m1/s1. The van der Waals surface area contributed by atoms with Gasteiger partial charge in [-0.15, -0.1) is 0 Å². The summed E-state index contributed by atoms with van der Waals surface area (Å²) in [6.07, 6.45) is -61.5. The first-order valence-corrected chi connectivity index (χ1v) is 27.6. The molecule has 0 aliphatic carbocycles. The monoisotopic (exact) mass is 1280 g/mol. The number of aliphatic hydroxyl groups is 20. The zero-order valence-corrected chi connectivity index (χ0v) is 46.6. The summed E-state index contributed by atoms with van der Waals surface area (Å²) in [4.78, 5) is 36.8. The first kappa shape index (κ1) is 71.5. The quantitative estimate of drug-likeness (QED) is 0.0479. The topological polar surface area (TPSA) is 612 Å². The van der Waals surface area contributed by atoms with Crippen LogP contribution in [0.1, 0.15) is 20.8 Å². The summed E-state index contributed by atoms with van der Waals surface area (Å²) in [5, 5.41) is 223. The van der Waals surface area contributed by atoms with Crippen molar-refractivity contribution in [2.75, 3.05) is 46.2 Å². The van der Waals surface area contributed by atoms with Gasteiger partial charge in [-0.25, -0.2) is 0 Å². The molecule has 87 heavy (non-hydrogen) atoms. The molecular formula is C48H81N3O36. The van der Waals surface area contributed by atoms with Gasteiger partial charge in [0, 0.05) is 20.8 Å². The molecule has 7 heterocycles. The fourth-order valence-electron chi connectivity index (χ4n) is 11.0. The maximum atomic E-state index is 12.5. The lowest BCUT2D eigenvalue weighted by Crippen LogP contribution is -2.69. The van der Waals surface area contributed by atoms with E-state index in [2.05, 4.69) is 16.0 Å². The fraction of sp³-hybridized carbons (Fsp3) is 0.938. The van der Waals surface area contributed by atoms with Gasteiger partial charge in [0.15, 0.2) is 44.0 Å². The minimum Gasteiger partial charge on any atom is -0.394 e. The van der Waals surface area contributed by atoms with Crippen LogP contribution in [0, 0.1) is 0 Å². The minimum absolute atomic E-state index is 0.730. The molecule has 0 spiro atoms. The third-order valence-corrected chi connectivity index (χ3v) is 15.7. The van der Waals surface area contributed by atoms with Crippen LogP contribution in [0.4, 0.5) is 0 Å². The van der Waals surface area contributed by atoms with E-state index in [9.17, 15) is 117 Å². The number of rotatable bonds is 22. The van der Waals surface area contributed by atoms with Crippen molar-refractivity contribution in [1.82, 2.24) is 16.0 Å². The number of carbonyl (C=O) groups is 3. The van der Waals surface area contributed by atoms with Crippen molar-refractivity contribution in [3.8, 4) is 0 Å². The van der Waals surface area contributed by atoms with Gasteiger partial charge in [-0.3, -0.25) is 14.4 Å². The molecule has 0 aromatic rings. The average Bonchev–Trinajstić information content (AvgIpc) is 2.45. The summed E-state index contributed by atoms with van der Waals surface area (Å²) >= 11 is 0. The number of ether oxygens (including phenoxy) is 13. The lowest BCUT2D eigenvalue weighted by Gasteiger charge is -2.50. The molecule has 7 fully saturated rings. The van der Waals surface area contributed by atoms with Crippen molar-refractivity contribution in [3.63, 3.8) is 0 Å². The smallest absolute Gasteiger partial charge is 0.217 e. The molecule has 3 amide bonds. The molecule has 0 bridgehead atoms. The second-order valence-electron chi connectivity index (χ2n) is 21.9. The van der Waals surface area contributed by atoms with Gasteiger partial charge in [-0.05, 0) is 0 Å². The molecular weight excluding hydrogens is 1190 g/mol. The molecule has 0 aromatic heterocycles. The molecule has 0 saturated carbocycles. The third kappa shape index (κ3) is 15.9. The first-order chi connectivity index (χ1) is 41.1. The van der Waals surface area contributed by atoms with Crippen LogP contribution < -0.4 is 16.0 Å². The number of aliphatic hydroxyl groups excluding tert-OH is 20. The lowest BCUT2D eigenvalue weighted by molar-refractivity contribution is -0.383. The average molecular weight is 1280 g/mol. The fourth-order valence-corrected chi connectivity index (χ4v) is 11.0. The van der Waals surface area contributed by atoms with E-state index < -0.39 is 279 Å². The molecule has 0 radical (unpaired) electrons. The van der Waals surface area contributed by atoms with Gasteiger partial charge in [-0.1, -0.05) is 0 Å². The minimum atomic E-state index is -2.30. The van der Waals surface area contributed by atoms with Crippen LogP contribution in [0.15, 0.2) is 0 Å². The largest absolute Gasteiger partial charge is 0.394 e.